The fraction of sp³-hybridized carbons (Fsp3) is 0.556. The summed E-state index contributed by atoms with van der Waals surface area (Å²) in [6.45, 7) is 4.87. The molecule has 1 aromatic rings. The zero-order valence-corrected chi connectivity index (χ0v) is 9.28. The second kappa shape index (κ2) is 5.07. The van der Waals surface area contributed by atoms with Crippen LogP contribution in [0.4, 0.5) is 0 Å². The number of amides is 1. The largest absolute Gasteiger partial charge is 0.351 e. The smallest absolute Gasteiger partial charge is 0.221 e. The van der Waals surface area contributed by atoms with Gasteiger partial charge in [0.2, 0.25) is 5.91 Å². The number of hydrogen-bond acceptors (Lipinski definition) is 4. The lowest BCUT2D eigenvalue weighted by molar-refractivity contribution is -0.121. The van der Waals surface area contributed by atoms with E-state index >= 15 is 0 Å². The van der Waals surface area contributed by atoms with Gasteiger partial charge in [-0.2, -0.15) is 0 Å². The van der Waals surface area contributed by atoms with Crippen molar-refractivity contribution in [1.82, 2.24) is 10.3 Å². The van der Waals surface area contributed by atoms with Crippen LogP contribution >= 0.6 is 11.3 Å². The number of nitrogens with one attached hydrogen (secondary N) is 1. The predicted molar refractivity (Wildman–Crippen MR) is 57.1 cm³/mol. The van der Waals surface area contributed by atoms with Gasteiger partial charge in [0.1, 0.15) is 0 Å². The third-order valence-electron chi connectivity index (χ3n) is 1.82. The molecule has 0 aliphatic carbocycles. The Kier molecular flexibility index (Phi) is 4.03. The maximum absolute atomic E-state index is 11.1. The molecule has 0 unspecified atom stereocenters. The molecule has 14 heavy (non-hydrogen) atoms. The third-order valence-corrected chi connectivity index (χ3v) is 2.89. The first kappa shape index (κ1) is 11.1. The molecule has 5 heteroatoms. The highest BCUT2D eigenvalue weighted by Crippen LogP contribution is 2.16. The average Bonchev–Trinajstić information content (AvgIpc) is 2.42. The first-order valence-corrected chi connectivity index (χ1v) is 5.34. The van der Waals surface area contributed by atoms with Gasteiger partial charge in [-0.05, 0) is 13.8 Å². The number of rotatable bonds is 4. The van der Waals surface area contributed by atoms with Gasteiger partial charge >= 0.3 is 0 Å². The number of carbonyl (C=O) groups excluding carboxylic acids is 1. The maximum Gasteiger partial charge on any atom is 0.221 e. The Morgan fingerprint density at radius 3 is 2.79 bits per heavy atom. The number of hydrogen-bond donors (Lipinski definition) is 2. The number of aromatic nitrogens is 1. The second-order valence-corrected chi connectivity index (χ2v) is 4.34. The standard InChI is InChI=1S/C9H15N3OS/c1-6-8(14-7(2)12-6)5-11-9(13)3-4-10/h3-5,10H2,1-2H3,(H,11,13). The van der Waals surface area contributed by atoms with Crippen LogP contribution in [-0.2, 0) is 11.3 Å². The van der Waals surface area contributed by atoms with Crippen LogP contribution in [0.15, 0.2) is 0 Å². The maximum atomic E-state index is 11.1. The minimum absolute atomic E-state index is 0.00190. The molecule has 0 atom stereocenters. The van der Waals surface area contributed by atoms with Gasteiger partial charge in [-0.3, -0.25) is 4.79 Å². The van der Waals surface area contributed by atoms with Crippen LogP contribution in [-0.4, -0.2) is 17.4 Å². The summed E-state index contributed by atoms with van der Waals surface area (Å²) < 4.78 is 0. The fourth-order valence-electron chi connectivity index (χ4n) is 1.14. The SMILES string of the molecule is Cc1nc(C)c(CNC(=O)CCN)s1. The molecule has 0 bridgehead atoms. The molecule has 0 fully saturated rings. The first-order chi connectivity index (χ1) is 6.63. The van der Waals surface area contributed by atoms with E-state index in [2.05, 4.69) is 10.3 Å². The Morgan fingerprint density at radius 1 is 1.57 bits per heavy atom. The van der Waals surface area contributed by atoms with Crippen molar-refractivity contribution in [3.8, 4) is 0 Å². The zero-order valence-electron chi connectivity index (χ0n) is 8.46. The minimum Gasteiger partial charge on any atom is -0.351 e. The minimum atomic E-state index is -0.00190. The number of aryl methyl sites for hydroxylation is 2. The Morgan fingerprint density at radius 2 is 2.29 bits per heavy atom. The molecule has 1 aromatic heterocycles. The molecular formula is C9H15N3OS. The topological polar surface area (TPSA) is 68.0 Å². The van der Waals surface area contributed by atoms with Crippen molar-refractivity contribution in [2.45, 2.75) is 26.8 Å². The summed E-state index contributed by atoms with van der Waals surface area (Å²) in [6, 6.07) is 0. The molecule has 1 amide bonds. The van der Waals surface area contributed by atoms with Crippen molar-refractivity contribution in [2.24, 2.45) is 5.73 Å². The summed E-state index contributed by atoms with van der Waals surface area (Å²) in [5.74, 6) is -0.00190. The van der Waals surface area contributed by atoms with Gasteiger partial charge in [0.15, 0.2) is 0 Å². The van der Waals surface area contributed by atoms with E-state index in [-0.39, 0.29) is 5.91 Å². The predicted octanol–water partition coefficient (Wildman–Crippen LogP) is 0.725. The molecule has 3 N–H and O–H groups in total. The highest BCUT2D eigenvalue weighted by atomic mass is 32.1. The zero-order chi connectivity index (χ0) is 10.6. The number of nitrogens with zero attached hydrogens (tertiary/aromatic N) is 1. The molecule has 0 saturated heterocycles. The summed E-state index contributed by atoms with van der Waals surface area (Å²) in [5, 5.41) is 3.84. The quantitative estimate of drug-likeness (QED) is 0.774. The number of carbonyl (C=O) groups is 1. The summed E-state index contributed by atoms with van der Waals surface area (Å²) in [6.07, 6.45) is 0.386. The van der Waals surface area contributed by atoms with Gasteiger partial charge < -0.3 is 11.1 Å². The van der Waals surface area contributed by atoms with Crippen LogP contribution in [0.5, 0.6) is 0 Å². The average molecular weight is 213 g/mol. The molecule has 4 nitrogen and oxygen atoms in total. The Balaban J connectivity index is 2.45. The van der Waals surface area contributed by atoms with Crippen LogP contribution < -0.4 is 11.1 Å². The van der Waals surface area contributed by atoms with E-state index in [9.17, 15) is 4.79 Å². The van der Waals surface area contributed by atoms with Crippen LogP contribution in [0.1, 0.15) is 22.0 Å². The van der Waals surface area contributed by atoms with Gasteiger partial charge in [-0.1, -0.05) is 0 Å². The number of nitrogens with two attached hydrogens (primary N) is 1. The molecule has 0 aliphatic heterocycles. The van der Waals surface area contributed by atoms with Crippen LogP contribution in [0.2, 0.25) is 0 Å². The molecule has 1 rings (SSSR count). The van der Waals surface area contributed by atoms with Gasteiger partial charge in [-0.15, -0.1) is 11.3 Å². The van der Waals surface area contributed by atoms with E-state index in [0.717, 1.165) is 15.6 Å². The van der Waals surface area contributed by atoms with Crippen molar-refractivity contribution in [3.05, 3.63) is 15.6 Å². The molecule has 1 heterocycles. The summed E-state index contributed by atoms with van der Waals surface area (Å²) in [7, 11) is 0. The monoisotopic (exact) mass is 213 g/mol. The molecule has 78 valence electrons. The molecule has 0 aliphatic rings. The molecule has 0 aromatic carbocycles. The normalized spacial score (nSPS) is 10.2. The lowest BCUT2D eigenvalue weighted by Crippen LogP contribution is -2.24. The van der Waals surface area contributed by atoms with E-state index in [4.69, 9.17) is 5.73 Å². The van der Waals surface area contributed by atoms with Crippen LogP contribution in [0.25, 0.3) is 0 Å². The lowest BCUT2D eigenvalue weighted by atomic mass is 10.3. The van der Waals surface area contributed by atoms with Crippen molar-refractivity contribution in [1.29, 1.82) is 0 Å². The van der Waals surface area contributed by atoms with Gasteiger partial charge in [0.25, 0.3) is 0 Å². The van der Waals surface area contributed by atoms with E-state index in [1.165, 1.54) is 0 Å². The van der Waals surface area contributed by atoms with Crippen molar-refractivity contribution < 1.29 is 4.79 Å². The van der Waals surface area contributed by atoms with Gasteiger partial charge in [0.05, 0.1) is 17.2 Å². The Hall–Kier alpha value is -0.940. The van der Waals surface area contributed by atoms with E-state index < -0.39 is 0 Å². The molecule has 0 radical (unpaired) electrons. The first-order valence-electron chi connectivity index (χ1n) is 4.53. The van der Waals surface area contributed by atoms with Crippen LogP contribution in [0.3, 0.4) is 0 Å². The van der Waals surface area contributed by atoms with Gasteiger partial charge in [0, 0.05) is 17.8 Å². The van der Waals surface area contributed by atoms with E-state index in [1.807, 2.05) is 13.8 Å². The molecule has 0 saturated carbocycles. The highest BCUT2D eigenvalue weighted by Gasteiger charge is 2.05. The Bertz CT molecular complexity index is 322. The number of thiazole rings is 1. The van der Waals surface area contributed by atoms with Crippen LogP contribution in [0, 0.1) is 13.8 Å². The Labute approximate surface area is 87.5 Å². The van der Waals surface area contributed by atoms with E-state index in [1.54, 1.807) is 11.3 Å². The van der Waals surface area contributed by atoms with Gasteiger partial charge in [-0.25, -0.2) is 4.98 Å². The lowest BCUT2D eigenvalue weighted by Gasteiger charge is -2.01. The van der Waals surface area contributed by atoms with Crippen molar-refractivity contribution >= 4 is 17.2 Å². The summed E-state index contributed by atoms with van der Waals surface area (Å²) in [5.41, 5.74) is 6.26. The second-order valence-electron chi connectivity index (χ2n) is 3.06. The summed E-state index contributed by atoms with van der Waals surface area (Å²) >= 11 is 1.62. The molecule has 0 spiro atoms. The third kappa shape index (κ3) is 3.08. The van der Waals surface area contributed by atoms with Crippen molar-refractivity contribution in [3.63, 3.8) is 0 Å². The highest BCUT2D eigenvalue weighted by molar-refractivity contribution is 7.11. The van der Waals surface area contributed by atoms with E-state index in [0.29, 0.717) is 19.5 Å². The van der Waals surface area contributed by atoms with Crippen molar-refractivity contribution in [2.75, 3.05) is 6.54 Å². The summed E-state index contributed by atoms with van der Waals surface area (Å²) in [4.78, 5) is 16.5. The fourth-order valence-corrected chi connectivity index (χ4v) is 2.01. The molecular weight excluding hydrogens is 198 g/mol.